The molecule has 0 radical (unpaired) electrons. The van der Waals surface area contributed by atoms with Gasteiger partial charge in [0.05, 0.1) is 5.92 Å². The summed E-state index contributed by atoms with van der Waals surface area (Å²) in [5.41, 5.74) is 2.39. The van der Waals surface area contributed by atoms with Crippen molar-refractivity contribution in [2.24, 2.45) is 5.92 Å². The van der Waals surface area contributed by atoms with Crippen molar-refractivity contribution in [3.63, 3.8) is 0 Å². The topological polar surface area (TPSA) is 69.6 Å². The third kappa shape index (κ3) is 3.32. The summed E-state index contributed by atoms with van der Waals surface area (Å²) in [6.45, 7) is 3.93. The first-order valence-corrected chi connectivity index (χ1v) is 9.57. The molecule has 2 saturated heterocycles. The van der Waals surface area contributed by atoms with E-state index in [4.69, 9.17) is 4.98 Å². The number of rotatable bonds is 2. The maximum atomic E-state index is 12.8. The number of hydrogen-bond donors (Lipinski definition) is 0. The van der Waals surface area contributed by atoms with Gasteiger partial charge in [0.2, 0.25) is 11.8 Å². The predicted molar refractivity (Wildman–Crippen MR) is 96.4 cm³/mol. The molecule has 7 heteroatoms. The average molecular weight is 357 g/mol. The van der Waals surface area contributed by atoms with Crippen molar-refractivity contribution >= 4 is 11.8 Å². The van der Waals surface area contributed by atoms with Crippen LogP contribution in [0.4, 0.5) is 0 Å². The second-order valence-corrected chi connectivity index (χ2v) is 7.99. The van der Waals surface area contributed by atoms with E-state index in [0.29, 0.717) is 19.5 Å². The summed E-state index contributed by atoms with van der Waals surface area (Å²) >= 11 is 0. The van der Waals surface area contributed by atoms with Gasteiger partial charge in [-0.3, -0.25) is 9.59 Å². The number of hydrogen-bond acceptors (Lipinski definition) is 5. The molecule has 0 N–H and O–H groups in total. The number of fused-ring (bicyclic) bond motifs is 1. The summed E-state index contributed by atoms with van der Waals surface area (Å²) in [4.78, 5) is 39.9. The SMILES string of the molecule is CN1CCc2nc([C@@H]3CCCN(C(=O)[C@H]4CC(=O)N(C)C4)C3)ncc2C1. The van der Waals surface area contributed by atoms with Gasteiger partial charge in [-0.15, -0.1) is 0 Å². The predicted octanol–water partition coefficient (Wildman–Crippen LogP) is 0.649. The highest BCUT2D eigenvalue weighted by Crippen LogP contribution is 2.28. The Morgan fingerprint density at radius 2 is 2.08 bits per heavy atom. The molecule has 26 heavy (non-hydrogen) atoms. The number of amides is 2. The minimum absolute atomic E-state index is 0.0694. The Morgan fingerprint density at radius 3 is 2.85 bits per heavy atom. The number of likely N-dealkylation sites (N-methyl/N-ethyl adjacent to an activating group) is 1. The van der Waals surface area contributed by atoms with Crippen molar-refractivity contribution in [2.75, 3.05) is 40.3 Å². The molecule has 0 bridgehead atoms. The van der Waals surface area contributed by atoms with E-state index in [9.17, 15) is 9.59 Å². The Bertz CT molecular complexity index is 722. The number of likely N-dealkylation sites (tertiary alicyclic amines) is 2. The summed E-state index contributed by atoms with van der Waals surface area (Å²) < 4.78 is 0. The summed E-state index contributed by atoms with van der Waals surface area (Å²) in [7, 11) is 3.89. The van der Waals surface area contributed by atoms with Crippen molar-refractivity contribution in [3.8, 4) is 0 Å². The third-order valence-electron chi connectivity index (χ3n) is 5.93. The molecule has 3 aliphatic heterocycles. The molecule has 0 aliphatic carbocycles. The van der Waals surface area contributed by atoms with Crippen LogP contribution in [0.2, 0.25) is 0 Å². The van der Waals surface area contributed by atoms with E-state index in [0.717, 1.165) is 44.7 Å². The molecule has 4 heterocycles. The zero-order valence-corrected chi connectivity index (χ0v) is 15.6. The van der Waals surface area contributed by atoms with Crippen LogP contribution in [0.5, 0.6) is 0 Å². The van der Waals surface area contributed by atoms with Crippen LogP contribution in [0.25, 0.3) is 0 Å². The molecule has 1 aromatic heterocycles. The second kappa shape index (κ2) is 6.95. The summed E-state index contributed by atoms with van der Waals surface area (Å²) in [6, 6.07) is 0. The third-order valence-corrected chi connectivity index (χ3v) is 5.93. The summed E-state index contributed by atoms with van der Waals surface area (Å²) in [5.74, 6) is 1.08. The van der Waals surface area contributed by atoms with Crippen molar-refractivity contribution in [3.05, 3.63) is 23.3 Å². The van der Waals surface area contributed by atoms with Gasteiger partial charge < -0.3 is 14.7 Å². The Kier molecular flexibility index (Phi) is 4.65. The summed E-state index contributed by atoms with van der Waals surface area (Å²) in [6.07, 6.45) is 5.27. The van der Waals surface area contributed by atoms with Crippen LogP contribution in [0.1, 0.15) is 42.3 Å². The van der Waals surface area contributed by atoms with Crippen LogP contribution in [0.15, 0.2) is 6.20 Å². The van der Waals surface area contributed by atoms with Crippen LogP contribution < -0.4 is 0 Å². The molecule has 0 unspecified atom stereocenters. The van der Waals surface area contributed by atoms with Crippen LogP contribution >= 0.6 is 0 Å². The molecule has 2 atom stereocenters. The van der Waals surface area contributed by atoms with Gasteiger partial charge in [-0.25, -0.2) is 9.97 Å². The van der Waals surface area contributed by atoms with E-state index < -0.39 is 0 Å². The first-order valence-electron chi connectivity index (χ1n) is 9.57. The largest absolute Gasteiger partial charge is 0.345 e. The van der Waals surface area contributed by atoms with Crippen LogP contribution in [0.3, 0.4) is 0 Å². The molecule has 0 spiro atoms. The van der Waals surface area contributed by atoms with Gasteiger partial charge >= 0.3 is 0 Å². The van der Waals surface area contributed by atoms with Crippen LogP contribution in [-0.2, 0) is 22.6 Å². The maximum Gasteiger partial charge on any atom is 0.228 e. The lowest BCUT2D eigenvalue weighted by molar-refractivity contribution is -0.137. The molecule has 4 rings (SSSR count). The molecule has 140 valence electrons. The molecular formula is C19H27N5O2. The van der Waals surface area contributed by atoms with E-state index >= 15 is 0 Å². The number of piperidine rings is 1. The molecule has 0 saturated carbocycles. The fraction of sp³-hybridized carbons (Fsp3) is 0.684. The van der Waals surface area contributed by atoms with Gasteiger partial charge in [0, 0.05) is 76.0 Å². The minimum Gasteiger partial charge on any atom is -0.345 e. The van der Waals surface area contributed by atoms with Crippen molar-refractivity contribution < 1.29 is 9.59 Å². The van der Waals surface area contributed by atoms with E-state index in [1.165, 1.54) is 11.3 Å². The molecule has 2 fully saturated rings. The Labute approximate surface area is 154 Å². The van der Waals surface area contributed by atoms with E-state index in [1.807, 2.05) is 11.1 Å². The first-order chi connectivity index (χ1) is 12.5. The lowest BCUT2D eigenvalue weighted by atomic mass is 9.95. The summed E-state index contributed by atoms with van der Waals surface area (Å²) in [5, 5.41) is 0. The number of nitrogens with zero attached hydrogens (tertiary/aromatic N) is 5. The van der Waals surface area contributed by atoms with E-state index in [-0.39, 0.29) is 23.7 Å². The fourth-order valence-electron chi connectivity index (χ4n) is 4.34. The average Bonchev–Trinajstić information content (AvgIpc) is 2.99. The maximum absolute atomic E-state index is 12.8. The monoisotopic (exact) mass is 357 g/mol. The zero-order chi connectivity index (χ0) is 18.3. The number of carbonyl (C=O) groups excluding carboxylic acids is 2. The standard InChI is InChI=1S/C19H27N5O2/c1-22-7-5-16-15(10-22)9-20-18(21-16)13-4-3-6-24(12-13)19(26)14-8-17(25)23(2)11-14/h9,13-14H,3-8,10-12H2,1-2H3/t13-,14+/m1/s1. The number of aromatic nitrogens is 2. The van der Waals surface area contributed by atoms with Crippen molar-refractivity contribution in [1.82, 2.24) is 24.7 Å². The van der Waals surface area contributed by atoms with Gasteiger partial charge in [0.25, 0.3) is 0 Å². The van der Waals surface area contributed by atoms with Gasteiger partial charge in [-0.05, 0) is 19.9 Å². The van der Waals surface area contributed by atoms with E-state index in [1.54, 1.807) is 11.9 Å². The lowest BCUT2D eigenvalue weighted by Gasteiger charge is -2.34. The molecule has 7 nitrogen and oxygen atoms in total. The molecule has 2 amide bonds. The quantitative estimate of drug-likeness (QED) is 0.777. The number of carbonyl (C=O) groups is 2. The molecule has 3 aliphatic rings. The van der Waals surface area contributed by atoms with Gasteiger partial charge in [-0.1, -0.05) is 0 Å². The zero-order valence-electron chi connectivity index (χ0n) is 15.6. The molecule has 0 aromatic carbocycles. The Balaban J connectivity index is 1.45. The molecular weight excluding hydrogens is 330 g/mol. The van der Waals surface area contributed by atoms with Gasteiger partial charge in [0.1, 0.15) is 5.82 Å². The van der Waals surface area contributed by atoms with Gasteiger partial charge in [0.15, 0.2) is 0 Å². The highest BCUT2D eigenvalue weighted by molar-refractivity contribution is 5.89. The smallest absolute Gasteiger partial charge is 0.228 e. The Hall–Kier alpha value is -2.02. The highest BCUT2D eigenvalue weighted by Gasteiger charge is 2.37. The first kappa shape index (κ1) is 17.4. The van der Waals surface area contributed by atoms with Crippen molar-refractivity contribution in [1.29, 1.82) is 0 Å². The van der Waals surface area contributed by atoms with Gasteiger partial charge in [-0.2, -0.15) is 0 Å². The molecule has 1 aromatic rings. The van der Waals surface area contributed by atoms with Crippen molar-refractivity contribution in [2.45, 2.75) is 38.1 Å². The lowest BCUT2D eigenvalue weighted by Crippen LogP contribution is -2.43. The second-order valence-electron chi connectivity index (χ2n) is 7.99. The van der Waals surface area contributed by atoms with E-state index in [2.05, 4.69) is 16.9 Å². The highest BCUT2D eigenvalue weighted by atomic mass is 16.2. The minimum atomic E-state index is -0.189. The van der Waals surface area contributed by atoms with Crippen LogP contribution in [0, 0.1) is 5.92 Å². The Morgan fingerprint density at radius 1 is 1.23 bits per heavy atom. The fourth-order valence-corrected chi connectivity index (χ4v) is 4.34. The normalized spacial score (nSPS) is 26.9. The van der Waals surface area contributed by atoms with Crippen LogP contribution in [-0.4, -0.2) is 76.8 Å².